The minimum atomic E-state index is -0.483. The second kappa shape index (κ2) is 7.18. The Kier molecular flexibility index (Phi) is 4.61. The third-order valence-electron chi connectivity index (χ3n) is 3.27. The van der Waals surface area contributed by atoms with E-state index >= 15 is 0 Å². The first-order valence-electron chi connectivity index (χ1n) is 7.32. The normalized spacial score (nSPS) is 10.7. The zero-order valence-electron chi connectivity index (χ0n) is 12.9. The smallest absolute Gasteiger partial charge is 0.270 e. The van der Waals surface area contributed by atoms with Gasteiger partial charge in [-0.3, -0.25) is 14.9 Å². The van der Waals surface area contributed by atoms with Crippen LogP contribution in [0.5, 0.6) is 0 Å². The fraction of sp³-hybridized carbons (Fsp3) is 0. The molecule has 0 radical (unpaired) electrons. The van der Waals surface area contributed by atoms with Gasteiger partial charge in [-0.15, -0.1) is 0 Å². The minimum Gasteiger partial charge on any atom is -0.319 e. The minimum absolute atomic E-state index is 0.0317. The molecule has 2 heterocycles. The lowest BCUT2D eigenvalue weighted by Gasteiger charge is -2.08. The largest absolute Gasteiger partial charge is 0.319 e. The summed E-state index contributed by atoms with van der Waals surface area (Å²) in [6, 6.07) is 11.2. The lowest BCUT2D eigenvalue weighted by Crippen LogP contribution is -2.11. The lowest BCUT2D eigenvalue weighted by atomic mass is 10.2. The first-order chi connectivity index (χ1) is 12.1. The molecular weight excluding hydrogens is 322 g/mol. The molecule has 1 amide bonds. The van der Waals surface area contributed by atoms with Crippen LogP contribution >= 0.6 is 0 Å². The fourth-order valence-electron chi connectivity index (χ4n) is 2.16. The molecule has 2 aromatic heterocycles. The molecule has 1 N–H and O–H groups in total. The summed E-state index contributed by atoms with van der Waals surface area (Å²) in [7, 11) is 0. The lowest BCUT2D eigenvalue weighted by molar-refractivity contribution is -0.384. The molecule has 0 spiro atoms. The number of nitrogens with one attached hydrogen (secondary N) is 1. The maximum absolute atomic E-state index is 12.1. The van der Waals surface area contributed by atoms with E-state index in [9.17, 15) is 14.9 Å². The average Bonchev–Trinajstić information content (AvgIpc) is 3.15. The Morgan fingerprint density at radius 3 is 2.84 bits per heavy atom. The van der Waals surface area contributed by atoms with E-state index in [0.29, 0.717) is 17.1 Å². The van der Waals surface area contributed by atoms with Crippen LogP contribution in [0.1, 0.15) is 5.56 Å². The Labute approximate surface area is 142 Å². The number of nitro groups is 1. The molecular formula is C17H13N5O3. The van der Waals surface area contributed by atoms with Gasteiger partial charge >= 0.3 is 0 Å². The summed E-state index contributed by atoms with van der Waals surface area (Å²) in [5.74, 6) is 0.109. The third-order valence-corrected chi connectivity index (χ3v) is 3.27. The highest BCUT2D eigenvalue weighted by Crippen LogP contribution is 2.17. The quantitative estimate of drug-likeness (QED) is 0.439. The summed E-state index contributed by atoms with van der Waals surface area (Å²) in [5.41, 5.74) is 1.03. The summed E-state index contributed by atoms with van der Waals surface area (Å²) in [5, 5.41) is 17.6. The molecule has 0 saturated heterocycles. The number of rotatable bonds is 5. The SMILES string of the molecule is O=C(C=Cc1cccc([N+](=O)[O-])c1)Nc1cccnc1-n1cccn1. The van der Waals surface area contributed by atoms with Crippen molar-refractivity contribution in [3.63, 3.8) is 0 Å². The van der Waals surface area contributed by atoms with Gasteiger partial charge in [-0.25, -0.2) is 9.67 Å². The molecule has 124 valence electrons. The van der Waals surface area contributed by atoms with E-state index in [2.05, 4.69) is 15.4 Å². The number of nitrogens with zero attached hydrogens (tertiary/aromatic N) is 4. The zero-order valence-corrected chi connectivity index (χ0v) is 12.9. The van der Waals surface area contributed by atoms with Gasteiger partial charge in [-0.05, 0) is 29.8 Å². The van der Waals surface area contributed by atoms with E-state index in [1.54, 1.807) is 53.6 Å². The van der Waals surface area contributed by atoms with Crippen LogP contribution in [0, 0.1) is 10.1 Å². The van der Waals surface area contributed by atoms with Crippen molar-refractivity contribution in [3.05, 3.63) is 82.8 Å². The van der Waals surface area contributed by atoms with Crippen LogP contribution in [0.25, 0.3) is 11.9 Å². The van der Waals surface area contributed by atoms with Crippen LogP contribution in [-0.2, 0) is 4.79 Å². The molecule has 3 aromatic rings. The number of carbonyl (C=O) groups is 1. The monoisotopic (exact) mass is 335 g/mol. The van der Waals surface area contributed by atoms with Gasteiger partial charge in [0.25, 0.3) is 5.69 Å². The van der Waals surface area contributed by atoms with Crippen LogP contribution in [0.3, 0.4) is 0 Å². The van der Waals surface area contributed by atoms with Crippen LogP contribution in [0.4, 0.5) is 11.4 Å². The van der Waals surface area contributed by atoms with Crippen molar-refractivity contribution < 1.29 is 9.72 Å². The van der Waals surface area contributed by atoms with Crippen LogP contribution in [-0.4, -0.2) is 25.6 Å². The van der Waals surface area contributed by atoms with Crippen LogP contribution in [0.15, 0.2) is 67.1 Å². The molecule has 0 fully saturated rings. The summed E-state index contributed by atoms with van der Waals surface area (Å²) < 4.78 is 1.54. The van der Waals surface area contributed by atoms with E-state index in [1.807, 2.05) is 0 Å². The maximum atomic E-state index is 12.1. The predicted octanol–water partition coefficient (Wildman–Crippen LogP) is 2.83. The number of pyridine rings is 1. The van der Waals surface area contributed by atoms with Crippen LogP contribution in [0.2, 0.25) is 0 Å². The maximum Gasteiger partial charge on any atom is 0.270 e. The van der Waals surface area contributed by atoms with E-state index in [4.69, 9.17) is 0 Å². The fourth-order valence-corrected chi connectivity index (χ4v) is 2.16. The number of anilines is 1. The molecule has 0 aliphatic heterocycles. The highest BCUT2D eigenvalue weighted by atomic mass is 16.6. The van der Waals surface area contributed by atoms with Crippen molar-refractivity contribution >= 4 is 23.4 Å². The number of aromatic nitrogens is 3. The van der Waals surface area contributed by atoms with Gasteiger partial charge in [-0.2, -0.15) is 5.10 Å². The number of hydrogen-bond donors (Lipinski definition) is 1. The van der Waals surface area contributed by atoms with Crippen LogP contribution < -0.4 is 5.32 Å². The van der Waals surface area contributed by atoms with E-state index in [1.165, 1.54) is 24.3 Å². The Balaban J connectivity index is 1.76. The summed E-state index contributed by atoms with van der Waals surface area (Å²) in [6.45, 7) is 0. The van der Waals surface area contributed by atoms with Gasteiger partial charge in [0.2, 0.25) is 5.91 Å². The van der Waals surface area contributed by atoms with Crippen molar-refractivity contribution in [2.45, 2.75) is 0 Å². The Morgan fingerprint density at radius 1 is 1.20 bits per heavy atom. The van der Waals surface area contributed by atoms with E-state index < -0.39 is 4.92 Å². The van der Waals surface area contributed by atoms with Crippen molar-refractivity contribution in [3.8, 4) is 5.82 Å². The molecule has 25 heavy (non-hydrogen) atoms. The molecule has 0 unspecified atom stereocenters. The number of benzene rings is 1. The predicted molar refractivity (Wildman–Crippen MR) is 92.1 cm³/mol. The van der Waals surface area contributed by atoms with Gasteiger partial charge < -0.3 is 5.32 Å². The molecule has 0 aliphatic rings. The summed E-state index contributed by atoms with van der Waals surface area (Å²) in [4.78, 5) is 26.6. The molecule has 8 heteroatoms. The summed E-state index contributed by atoms with van der Waals surface area (Å²) >= 11 is 0. The Hall–Kier alpha value is -3.81. The van der Waals surface area contributed by atoms with Crippen molar-refractivity contribution in [2.24, 2.45) is 0 Å². The Bertz CT molecular complexity index is 935. The molecule has 0 atom stereocenters. The van der Waals surface area contributed by atoms with Gasteiger partial charge in [0, 0.05) is 36.8 Å². The second-order valence-electron chi connectivity index (χ2n) is 5.00. The number of nitro benzene ring substituents is 1. The number of hydrogen-bond acceptors (Lipinski definition) is 5. The first kappa shape index (κ1) is 16.1. The van der Waals surface area contributed by atoms with Crippen molar-refractivity contribution in [2.75, 3.05) is 5.32 Å². The molecule has 0 aliphatic carbocycles. The summed E-state index contributed by atoms with van der Waals surface area (Å²) in [6.07, 6.45) is 7.75. The second-order valence-corrected chi connectivity index (χ2v) is 5.00. The van der Waals surface area contributed by atoms with E-state index in [0.717, 1.165) is 0 Å². The van der Waals surface area contributed by atoms with Gasteiger partial charge in [0.05, 0.1) is 10.6 Å². The standard InChI is InChI=1S/C17H13N5O3/c23-16(8-7-13-4-1-5-14(12-13)22(24)25)20-15-6-2-9-18-17(15)21-11-3-10-19-21/h1-12H,(H,20,23). The molecule has 1 aromatic carbocycles. The molecule has 0 bridgehead atoms. The topological polar surface area (TPSA) is 103 Å². The highest BCUT2D eigenvalue weighted by molar-refractivity contribution is 6.02. The first-order valence-corrected chi connectivity index (χ1v) is 7.32. The third kappa shape index (κ3) is 3.94. The van der Waals surface area contributed by atoms with E-state index in [-0.39, 0.29) is 11.6 Å². The number of carbonyl (C=O) groups excluding carboxylic acids is 1. The van der Waals surface area contributed by atoms with Crippen molar-refractivity contribution in [1.82, 2.24) is 14.8 Å². The van der Waals surface area contributed by atoms with Gasteiger partial charge in [0.15, 0.2) is 5.82 Å². The zero-order chi connectivity index (χ0) is 17.6. The van der Waals surface area contributed by atoms with Gasteiger partial charge in [0.1, 0.15) is 0 Å². The van der Waals surface area contributed by atoms with Crippen molar-refractivity contribution in [1.29, 1.82) is 0 Å². The van der Waals surface area contributed by atoms with Gasteiger partial charge in [-0.1, -0.05) is 12.1 Å². The highest BCUT2D eigenvalue weighted by Gasteiger charge is 2.08. The molecule has 3 rings (SSSR count). The Morgan fingerprint density at radius 2 is 2.08 bits per heavy atom. The molecule has 0 saturated carbocycles. The number of amides is 1. The molecule has 8 nitrogen and oxygen atoms in total. The number of non-ortho nitro benzene ring substituents is 1. The average molecular weight is 335 g/mol.